The molecule has 0 aliphatic carbocycles. The van der Waals surface area contributed by atoms with E-state index in [9.17, 15) is 5.11 Å². The van der Waals surface area contributed by atoms with Crippen LogP contribution in [-0.4, -0.2) is 29.6 Å². The van der Waals surface area contributed by atoms with Gasteiger partial charge >= 0.3 is 0 Å². The van der Waals surface area contributed by atoms with Crippen LogP contribution in [-0.2, 0) is 0 Å². The minimum absolute atomic E-state index is 0.0912. The van der Waals surface area contributed by atoms with Crippen molar-refractivity contribution in [2.45, 2.75) is 25.9 Å². The van der Waals surface area contributed by atoms with Gasteiger partial charge in [0.2, 0.25) is 0 Å². The molecule has 2 atom stereocenters. The van der Waals surface area contributed by atoms with E-state index < -0.39 is 6.10 Å². The highest BCUT2D eigenvalue weighted by molar-refractivity contribution is 5.27. The second-order valence-electron chi connectivity index (χ2n) is 5.36. The molecule has 21 heavy (non-hydrogen) atoms. The Morgan fingerprint density at radius 3 is 1.76 bits per heavy atom. The van der Waals surface area contributed by atoms with Crippen molar-refractivity contribution < 1.29 is 5.11 Å². The molecule has 0 saturated heterocycles. The predicted molar refractivity (Wildman–Crippen MR) is 88.4 cm³/mol. The lowest BCUT2D eigenvalue weighted by atomic mass is 9.88. The molecule has 2 nitrogen and oxygen atoms in total. The maximum absolute atomic E-state index is 10.8. The van der Waals surface area contributed by atoms with Crippen molar-refractivity contribution >= 4 is 0 Å². The van der Waals surface area contributed by atoms with Crippen molar-refractivity contribution in [1.82, 2.24) is 4.90 Å². The second-order valence-corrected chi connectivity index (χ2v) is 5.36. The molecule has 2 rings (SSSR count). The van der Waals surface area contributed by atoms with E-state index in [0.717, 1.165) is 25.2 Å². The van der Waals surface area contributed by atoms with Gasteiger partial charge in [-0.3, -0.25) is 0 Å². The van der Waals surface area contributed by atoms with E-state index in [4.69, 9.17) is 0 Å². The molecular formula is C19H25NO. The van der Waals surface area contributed by atoms with Crippen LogP contribution >= 0.6 is 0 Å². The molecule has 2 aromatic carbocycles. The van der Waals surface area contributed by atoms with Gasteiger partial charge in [0.1, 0.15) is 0 Å². The second kappa shape index (κ2) is 7.96. The predicted octanol–water partition coefficient (Wildman–Crippen LogP) is 3.85. The van der Waals surface area contributed by atoms with Crippen LogP contribution in [0.25, 0.3) is 0 Å². The maximum atomic E-state index is 10.8. The highest BCUT2D eigenvalue weighted by Crippen LogP contribution is 2.31. The van der Waals surface area contributed by atoms with Crippen molar-refractivity contribution in [3.63, 3.8) is 0 Å². The average Bonchev–Trinajstić information content (AvgIpc) is 2.57. The van der Waals surface area contributed by atoms with E-state index in [1.807, 2.05) is 48.5 Å². The molecule has 0 radical (unpaired) electrons. The Morgan fingerprint density at radius 1 is 0.810 bits per heavy atom. The first-order valence-electron chi connectivity index (χ1n) is 7.76. The maximum Gasteiger partial charge on any atom is 0.0870 e. The van der Waals surface area contributed by atoms with Crippen LogP contribution < -0.4 is 0 Å². The van der Waals surface area contributed by atoms with Gasteiger partial charge < -0.3 is 10.0 Å². The molecule has 0 spiro atoms. The van der Waals surface area contributed by atoms with Gasteiger partial charge in [-0.15, -0.1) is 0 Å². The lowest BCUT2D eigenvalue weighted by Gasteiger charge is -2.29. The van der Waals surface area contributed by atoms with Crippen molar-refractivity contribution in [3.8, 4) is 0 Å². The van der Waals surface area contributed by atoms with Crippen LogP contribution in [0.2, 0.25) is 0 Å². The molecule has 0 amide bonds. The van der Waals surface area contributed by atoms with Crippen LogP contribution in [0.5, 0.6) is 0 Å². The standard InChI is InChI=1S/C19H25NO/c1-3-20(4-2)15-18(16-11-7-5-8-12-16)19(21)17-13-9-6-10-14-17/h5-14,18-19,21H,3-4,15H2,1-2H3/t18-,19+/m1/s1. The molecule has 0 heterocycles. The number of nitrogens with zero attached hydrogens (tertiary/aromatic N) is 1. The van der Waals surface area contributed by atoms with Gasteiger partial charge in [0.05, 0.1) is 6.10 Å². The van der Waals surface area contributed by atoms with Crippen LogP contribution in [0, 0.1) is 0 Å². The molecule has 0 fully saturated rings. The number of hydrogen-bond acceptors (Lipinski definition) is 2. The first-order chi connectivity index (χ1) is 10.3. The fourth-order valence-corrected chi connectivity index (χ4v) is 2.73. The zero-order chi connectivity index (χ0) is 15.1. The number of aliphatic hydroxyl groups excluding tert-OH is 1. The van der Waals surface area contributed by atoms with Crippen LogP contribution in [0.4, 0.5) is 0 Å². The molecule has 0 bridgehead atoms. The molecule has 2 aromatic rings. The zero-order valence-corrected chi connectivity index (χ0v) is 12.9. The lowest BCUT2D eigenvalue weighted by Crippen LogP contribution is -2.31. The SMILES string of the molecule is CCN(CC)C[C@H](c1ccccc1)[C@@H](O)c1ccccc1. The van der Waals surface area contributed by atoms with Gasteiger partial charge in [-0.05, 0) is 24.2 Å². The Bertz CT molecular complexity index is 508. The Labute approximate surface area is 128 Å². The Hall–Kier alpha value is -1.64. The summed E-state index contributed by atoms with van der Waals surface area (Å²) in [5.74, 6) is 0.0912. The molecule has 112 valence electrons. The number of hydrogen-bond donors (Lipinski definition) is 1. The van der Waals surface area contributed by atoms with E-state index in [1.165, 1.54) is 5.56 Å². The normalized spacial score (nSPS) is 14.1. The minimum Gasteiger partial charge on any atom is -0.388 e. The minimum atomic E-state index is -0.478. The third kappa shape index (κ3) is 4.16. The topological polar surface area (TPSA) is 23.5 Å². The Morgan fingerprint density at radius 2 is 1.29 bits per heavy atom. The van der Waals surface area contributed by atoms with Crippen molar-refractivity contribution in [3.05, 3.63) is 71.8 Å². The van der Waals surface area contributed by atoms with E-state index in [-0.39, 0.29) is 5.92 Å². The summed E-state index contributed by atoms with van der Waals surface area (Å²) >= 11 is 0. The van der Waals surface area contributed by atoms with E-state index in [0.29, 0.717) is 0 Å². The summed E-state index contributed by atoms with van der Waals surface area (Å²) in [5, 5.41) is 10.8. The molecule has 0 saturated carbocycles. The van der Waals surface area contributed by atoms with E-state index in [1.54, 1.807) is 0 Å². The third-order valence-electron chi connectivity index (χ3n) is 4.10. The highest BCUT2D eigenvalue weighted by Gasteiger charge is 2.24. The van der Waals surface area contributed by atoms with Crippen molar-refractivity contribution in [2.75, 3.05) is 19.6 Å². The molecule has 1 N–H and O–H groups in total. The largest absolute Gasteiger partial charge is 0.388 e. The quantitative estimate of drug-likeness (QED) is 0.834. The number of rotatable bonds is 7. The molecule has 0 aromatic heterocycles. The fraction of sp³-hybridized carbons (Fsp3) is 0.368. The summed E-state index contributed by atoms with van der Waals surface area (Å²) in [5.41, 5.74) is 2.18. The van der Waals surface area contributed by atoms with Gasteiger partial charge in [0.15, 0.2) is 0 Å². The summed E-state index contributed by atoms with van der Waals surface area (Å²) in [6.45, 7) is 7.21. The van der Waals surface area contributed by atoms with Crippen molar-refractivity contribution in [2.24, 2.45) is 0 Å². The van der Waals surface area contributed by atoms with Gasteiger partial charge in [0.25, 0.3) is 0 Å². The molecule has 0 unspecified atom stereocenters. The van der Waals surface area contributed by atoms with Crippen LogP contribution in [0.15, 0.2) is 60.7 Å². The third-order valence-corrected chi connectivity index (χ3v) is 4.10. The zero-order valence-electron chi connectivity index (χ0n) is 12.9. The average molecular weight is 283 g/mol. The summed E-state index contributed by atoms with van der Waals surface area (Å²) in [4.78, 5) is 2.36. The van der Waals surface area contributed by atoms with Gasteiger partial charge in [-0.25, -0.2) is 0 Å². The fourth-order valence-electron chi connectivity index (χ4n) is 2.73. The van der Waals surface area contributed by atoms with Gasteiger partial charge in [-0.1, -0.05) is 74.5 Å². The number of benzene rings is 2. The molecule has 2 heteroatoms. The highest BCUT2D eigenvalue weighted by atomic mass is 16.3. The Balaban J connectivity index is 2.27. The monoisotopic (exact) mass is 283 g/mol. The summed E-state index contributed by atoms with van der Waals surface area (Å²) < 4.78 is 0. The van der Waals surface area contributed by atoms with Crippen molar-refractivity contribution in [1.29, 1.82) is 0 Å². The molecule has 0 aliphatic rings. The number of likely N-dealkylation sites (N-methyl/N-ethyl adjacent to an activating group) is 1. The smallest absolute Gasteiger partial charge is 0.0870 e. The first kappa shape index (κ1) is 15.7. The summed E-state index contributed by atoms with van der Waals surface area (Å²) in [7, 11) is 0. The number of aliphatic hydroxyl groups is 1. The van der Waals surface area contributed by atoms with Crippen LogP contribution in [0.3, 0.4) is 0 Å². The molecule has 0 aliphatic heterocycles. The van der Waals surface area contributed by atoms with Crippen LogP contribution in [0.1, 0.15) is 37.0 Å². The lowest BCUT2D eigenvalue weighted by molar-refractivity contribution is 0.119. The van der Waals surface area contributed by atoms with Gasteiger partial charge in [-0.2, -0.15) is 0 Å². The summed E-state index contributed by atoms with van der Waals surface area (Å²) in [6.07, 6.45) is -0.478. The van der Waals surface area contributed by atoms with E-state index >= 15 is 0 Å². The van der Waals surface area contributed by atoms with E-state index in [2.05, 4.69) is 30.9 Å². The van der Waals surface area contributed by atoms with Gasteiger partial charge in [0, 0.05) is 12.5 Å². The molecular weight excluding hydrogens is 258 g/mol. The summed E-state index contributed by atoms with van der Waals surface area (Å²) in [6, 6.07) is 20.3. The first-order valence-corrected chi connectivity index (χ1v) is 7.76. The Kier molecular flexibility index (Phi) is 5.97.